The van der Waals surface area contributed by atoms with Gasteiger partial charge in [-0.25, -0.2) is 0 Å². The molecule has 2 N–H and O–H groups in total. The Morgan fingerprint density at radius 1 is 1.38 bits per heavy atom. The molecule has 2 rings (SSSR count). The van der Waals surface area contributed by atoms with E-state index in [9.17, 15) is 14.4 Å². The molecule has 8 heteroatoms. The predicted octanol–water partition coefficient (Wildman–Crippen LogP) is 1.38. The Bertz CT molecular complexity index is 695. The lowest BCUT2D eigenvalue weighted by molar-refractivity contribution is -0.139. The number of nitrogens with zero attached hydrogens (tertiary/aromatic N) is 1. The molecule has 1 fully saturated rings. The van der Waals surface area contributed by atoms with E-state index < -0.39 is 12.1 Å². The van der Waals surface area contributed by atoms with E-state index in [2.05, 4.69) is 26.6 Å². The number of hydrogen-bond acceptors (Lipinski definition) is 4. The highest BCUT2D eigenvalue weighted by molar-refractivity contribution is 9.10. The molecule has 26 heavy (non-hydrogen) atoms. The molecule has 0 saturated carbocycles. The smallest absolute Gasteiger partial charge is 0.261 e. The number of rotatable bonds is 6. The van der Waals surface area contributed by atoms with Crippen molar-refractivity contribution in [2.45, 2.75) is 38.8 Å². The van der Waals surface area contributed by atoms with Gasteiger partial charge in [0.25, 0.3) is 5.91 Å². The molecule has 0 aliphatic carbocycles. The van der Waals surface area contributed by atoms with Crippen LogP contribution in [-0.4, -0.2) is 54.9 Å². The molecule has 142 valence electrons. The van der Waals surface area contributed by atoms with Gasteiger partial charge >= 0.3 is 0 Å². The van der Waals surface area contributed by atoms with Gasteiger partial charge in [-0.3, -0.25) is 14.4 Å². The highest BCUT2D eigenvalue weighted by Crippen LogP contribution is 2.26. The molecule has 0 aromatic heterocycles. The quantitative estimate of drug-likeness (QED) is 0.720. The van der Waals surface area contributed by atoms with E-state index in [0.717, 1.165) is 16.5 Å². The van der Waals surface area contributed by atoms with Crippen molar-refractivity contribution in [2.24, 2.45) is 0 Å². The molecule has 2 unspecified atom stereocenters. The lowest BCUT2D eigenvalue weighted by Gasteiger charge is -2.24. The summed E-state index contributed by atoms with van der Waals surface area (Å²) in [5.41, 5.74) is 1.07. The number of likely N-dealkylation sites (tertiary alicyclic amines) is 1. The highest BCUT2D eigenvalue weighted by atomic mass is 79.9. The Balaban J connectivity index is 1.87. The molecule has 1 heterocycles. The first-order chi connectivity index (χ1) is 12.3. The number of amides is 3. The summed E-state index contributed by atoms with van der Waals surface area (Å²) in [5.74, 6) is -0.276. The van der Waals surface area contributed by atoms with Gasteiger partial charge < -0.3 is 20.3 Å². The average molecular weight is 426 g/mol. The first-order valence-electron chi connectivity index (χ1n) is 8.55. The van der Waals surface area contributed by atoms with Crippen molar-refractivity contribution in [1.29, 1.82) is 0 Å². The summed E-state index contributed by atoms with van der Waals surface area (Å²) in [4.78, 5) is 37.9. The van der Waals surface area contributed by atoms with Gasteiger partial charge in [-0.15, -0.1) is 0 Å². The summed E-state index contributed by atoms with van der Waals surface area (Å²) < 4.78 is 6.41. The van der Waals surface area contributed by atoms with Crippen molar-refractivity contribution >= 4 is 33.7 Å². The molecule has 2 atom stereocenters. The van der Waals surface area contributed by atoms with Crippen LogP contribution >= 0.6 is 15.9 Å². The van der Waals surface area contributed by atoms with E-state index in [0.29, 0.717) is 18.7 Å². The Kier molecular flexibility index (Phi) is 7.02. The number of likely N-dealkylation sites (N-methyl/N-ethyl adjacent to an activating group) is 1. The van der Waals surface area contributed by atoms with E-state index in [1.54, 1.807) is 20.0 Å². The van der Waals surface area contributed by atoms with E-state index in [-0.39, 0.29) is 24.3 Å². The predicted molar refractivity (Wildman–Crippen MR) is 101 cm³/mol. The van der Waals surface area contributed by atoms with Crippen LogP contribution in [0.4, 0.5) is 0 Å². The third-order valence-corrected chi connectivity index (χ3v) is 4.92. The first kappa shape index (κ1) is 20.2. The maximum absolute atomic E-state index is 12.3. The minimum absolute atomic E-state index is 0.158. The third kappa shape index (κ3) is 4.97. The summed E-state index contributed by atoms with van der Waals surface area (Å²) >= 11 is 3.40. The zero-order valence-electron chi connectivity index (χ0n) is 15.2. The second kappa shape index (κ2) is 9.02. The molecule has 1 saturated heterocycles. The molecule has 3 amide bonds. The van der Waals surface area contributed by atoms with Gasteiger partial charge in [-0.05, 0) is 60.3 Å². The van der Waals surface area contributed by atoms with Crippen molar-refractivity contribution < 1.29 is 19.1 Å². The molecular formula is C18H24BrN3O4. The Morgan fingerprint density at radius 3 is 2.77 bits per heavy atom. The van der Waals surface area contributed by atoms with Crippen molar-refractivity contribution in [3.8, 4) is 5.75 Å². The largest absolute Gasteiger partial charge is 0.480 e. The van der Waals surface area contributed by atoms with E-state index in [4.69, 9.17) is 4.74 Å². The van der Waals surface area contributed by atoms with Crippen molar-refractivity contribution in [3.05, 3.63) is 28.2 Å². The molecule has 0 radical (unpaired) electrons. The molecule has 1 aliphatic heterocycles. The second-order valence-electron chi connectivity index (χ2n) is 6.27. The van der Waals surface area contributed by atoms with Crippen molar-refractivity contribution in [2.75, 3.05) is 20.1 Å². The Morgan fingerprint density at radius 2 is 2.12 bits per heavy atom. The van der Waals surface area contributed by atoms with E-state index in [1.807, 2.05) is 19.1 Å². The van der Waals surface area contributed by atoms with Crippen LogP contribution in [0.5, 0.6) is 5.75 Å². The topological polar surface area (TPSA) is 87.7 Å². The fourth-order valence-corrected chi connectivity index (χ4v) is 3.44. The van der Waals surface area contributed by atoms with Crippen LogP contribution in [0, 0.1) is 6.92 Å². The van der Waals surface area contributed by atoms with Crippen LogP contribution in [0.25, 0.3) is 0 Å². The number of carbonyl (C=O) groups is 3. The molecule has 1 aromatic rings. The standard InChI is InChI=1S/C18H24BrN3O4/c1-11-6-7-15(13(19)9-11)26-12(2)17(24)21-10-16(23)22-8-4-5-14(22)18(25)20-3/h6-7,9,12,14H,4-5,8,10H2,1-3H3,(H,20,25)(H,21,24). The first-order valence-corrected chi connectivity index (χ1v) is 9.34. The summed E-state index contributed by atoms with van der Waals surface area (Å²) in [6, 6.07) is 5.12. The number of hydrogen-bond donors (Lipinski definition) is 2. The molecular weight excluding hydrogens is 402 g/mol. The average Bonchev–Trinajstić information content (AvgIpc) is 3.10. The van der Waals surface area contributed by atoms with Gasteiger partial charge in [-0.2, -0.15) is 0 Å². The Labute approximate surface area is 161 Å². The van der Waals surface area contributed by atoms with E-state index >= 15 is 0 Å². The molecule has 1 aliphatic rings. The number of nitrogens with one attached hydrogen (secondary N) is 2. The van der Waals surface area contributed by atoms with Gasteiger partial charge in [0.05, 0.1) is 11.0 Å². The van der Waals surface area contributed by atoms with E-state index in [1.165, 1.54) is 4.90 Å². The van der Waals surface area contributed by atoms with Gasteiger partial charge in [0, 0.05) is 13.6 Å². The zero-order chi connectivity index (χ0) is 19.3. The number of ether oxygens (including phenoxy) is 1. The van der Waals surface area contributed by atoms with Crippen LogP contribution in [0.15, 0.2) is 22.7 Å². The second-order valence-corrected chi connectivity index (χ2v) is 7.13. The normalized spacial score (nSPS) is 17.5. The van der Waals surface area contributed by atoms with Crippen molar-refractivity contribution in [1.82, 2.24) is 15.5 Å². The highest BCUT2D eigenvalue weighted by Gasteiger charge is 2.33. The fourth-order valence-electron chi connectivity index (χ4n) is 2.86. The SMILES string of the molecule is CNC(=O)C1CCCN1C(=O)CNC(=O)C(C)Oc1ccc(C)cc1Br. The lowest BCUT2D eigenvalue weighted by atomic mass is 10.2. The number of aryl methyl sites for hydroxylation is 1. The summed E-state index contributed by atoms with van der Waals surface area (Å²) in [7, 11) is 1.55. The summed E-state index contributed by atoms with van der Waals surface area (Å²) in [6.07, 6.45) is 0.661. The van der Waals surface area contributed by atoms with Gasteiger partial charge in [0.1, 0.15) is 11.8 Å². The number of benzene rings is 1. The Hall–Kier alpha value is -2.09. The zero-order valence-corrected chi connectivity index (χ0v) is 16.8. The van der Waals surface area contributed by atoms with Crippen LogP contribution in [-0.2, 0) is 14.4 Å². The maximum Gasteiger partial charge on any atom is 0.261 e. The van der Waals surface area contributed by atoms with Crippen molar-refractivity contribution in [3.63, 3.8) is 0 Å². The lowest BCUT2D eigenvalue weighted by Crippen LogP contribution is -2.49. The monoisotopic (exact) mass is 425 g/mol. The van der Waals surface area contributed by atoms with Gasteiger partial charge in [0.2, 0.25) is 11.8 Å². The summed E-state index contributed by atoms with van der Waals surface area (Å²) in [6.45, 7) is 3.94. The summed E-state index contributed by atoms with van der Waals surface area (Å²) in [5, 5.41) is 5.15. The molecule has 0 spiro atoms. The minimum atomic E-state index is -0.755. The fraction of sp³-hybridized carbons (Fsp3) is 0.500. The molecule has 1 aromatic carbocycles. The number of carbonyl (C=O) groups excluding carboxylic acids is 3. The van der Waals surface area contributed by atoms with Gasteiger partial charge in [-0.1, -0.05) is 6.07 Å². The third-order valence-electron chi connectivity index (χ3n) is 4.30. The molecule has 7 nitrogen and oxygen atoms in total. The minimum Gasteiger partial charge on any atom is -0.480 e. The van der Waals surface area contributed by atoms with Crippen LogP contribution < -0.4 is 15.4 Å². The van der Waals surface area contributed by atoms with Crippen LogP contribution in [0.2, 0.25) is 0 Å². The van der Waals surface area contributed by atoms with Gasteiger partial charge in [0.15, 0.2) is 6.10 Å². The van der Waals surface area contributed by atoms with Crippen LogP contribution in [0.1, 0.15) is 25.3 Å². The maximum atomic E-state index is 12.3. The van der Waals surface area contributed by atoms with Crippen LogP contribution in [0.3, 0.4) is 0 Å². The molecule has 0 bridgehead atoms. The number of halogens is 1.